The quantitative estimate of drug-likeness (QED) is 0.388. The molecule has 8 heteroatoms. The van der Waals surface area contributed by atoms with E-state index >= 15 is 0 Å². The van der Waals surface area contributed by atoms with Crippen molar-refractivity contribution in [3.05, 3.63) is 88.6 Å². The Morgan fingerprint density at radius 1 is 1.11 bits per heavy atom. The molecule has 0 bridgehead atoms. The van der Waals surface area contributed by atoms with E-state index in [4.69, 9.17) is 11.6 Å². The molecule has 2 aromatic carbocycles. The van der Waals surface area contributed by atoms with Crippen LogP contribution in [0.2, 0.25) is 5.02 Å². The van der Waals surface area contributed by atoms with Crippen molar-refractivity contribution in [2.75, 3.05) is 19.6 Å². The Bertz CT molecular complexity index is 1350. The fourth-order valence-electron chi connectivity index (χ4n) is 4.84. The zero-order chi connectivity index (χ0) is 24.4. The molecule has 1 aliphatic rings. The zero-order valence-electron chi connectivity index (χ0n) is 19.5. The van der Waals surface area contributed by atoms with E-state index in [1.165, 1.54) is 12.5 Å². The molecule has 1 fully saturated rings. The number of piperidine rings is 1. The highest BCUT2D eigenvalue weighted by Crippen LogP contribution is 2.31. The van der Waals surface area contributed by atoms with Gasteiger partial charge in [-0.05, 0) is 68.2 Å². The van der Waals surface area contributed by atoms with Crippen LogP contribution in [0.3, 0.4) is 0 Å². The summed E-state index contributed by atoms with van der Waals surface area (Å²) >= 11 is 6.54. The Balaban J connectivity index is 1.46. The molecule has 1 N–H and O–H groups in total. The lowest BCUT2D eigenvalue weighted by Gasteiger charge is -2.35. The lowest BCUT2D eigenvalue weighted by atomic mass is 9.99. The third-order valence-corrected chi connectivity index (χ3v) is 6.96. The van der Waals surface area contributed by atoms with Crippen molar-refractivity contribution in [1.29, 1.82) is 0 Å². The minimum Gasteiger partial charge on any atom is -0.350 e. The number of hydrogen-bond acceptors (Lipinski definition) is 4. The number of halogens is 2. The van der Waals surface area contributed by atoms with Crippen molar-refractivity contribution >= 4 is 28.4 Å². The van der Waals surface area contributed by atoms with E-state index in [0.29, 0.717) is 34.0 Å². The molecule has 1 saturated heterocycles. The molecular weight excluding hydrogens is 465 g/mol. The molecule has 1 aliphatic heterocycles. The summed E-state index contributed by atoms with van der Waals surface area (Å²) in [7, 11) is 0. The summed E-state index contributed by atoms with van der Waals surface area (Å²) in [6.07, 6.45) is 8.49. The number of nitrogens with one attached hydrogen (secondary N) is 1. The number of fused-ring (bicyclic) bond motifs is 1. The van der Waals surface area contributed by atoms with Crippen LogP contribution in [0.25, 0.3) is 16.9 Å². The molecule has 0 saturated carbocycles. The fraction of sp³-hybridized carbons (Fsp3) is 0.296. The highest BCUT2D eigenvalue weighted by molar-refractivity contribution is 6.37. The van der Waals surface area contributed by atoms with Gasteiger partial charge in [-0.3, -0.25) is 14.3 Å². The maximum absolute atomic E-state index is 14.0. The molecule has 0 radical (unpaired) electrons. The van der Waals surface area contributed by atoms with Crippen molar-refractivity contribution in [2.45, 2.75) is 32.2 Å². The second-order valence-electron chi connectivity index (χ2n) is 8.93. The average Bonchev–Trinajstić information content (AvgIpc) is 3.28. The number of hydrogen-bond donors (Lipinski definition) is 1. The summed E-state index contributed by atoms with van der Waals surface area (Å²) < 4.78 is 15.7. The van der Waals surface area contributed by atoms with E-state index in [1.807, 2.05) is 24.3 Å². The van der Waals surface area contributed by atoms with Gasteiger partial charge in [0.2, 0.25) is 5.95 Å². The van der Waals surface area contributed by atoms with E-state index in [1.54, 1.807) is 42.2 Å². The number of aromatic nitrogens is 3. The van der Waals surface area contributed by atoms with Gasteiger partial charge in [-0.25, -0.2) is 14.4 Å². The predicted molar refractivity (Wildman–Crippen MR) is 136 cm³/mol. The van der Waals surface area contributed by atoms with Gasteiger partial charge in [0.1, 0.15) is 5.82 Å². The highest BCUT2D eigenvalue weighted by Gasteiger charge is 2.25. The summed E-state index contributed by atoms with van der Waals surface area (Å²) in [5.41, 5.74) is 2.83. The van der Waals surface area contributed by atoms with E-state index in [2.05, 4.69) is 20.2 Å². The van der Waals surface area contributed by atoms with Gasteiger partial charge >= 0.3 is 0 Å². The van der Waals surface area contributed by atoms with Gasteiger partial charge in [-0.15, -0.1) is 0 Å². The minimum absolute atomic E-state index is 0.0418. The van der Waals surface area contributed by atoms with Crippen LogP contribution in [0.4, 0.5) is 4.39 Å². The van der Waals surface area contributed by atoms with Gasteiger partial charge in [0.25, 0.3) is 5.91 Å². The third kappa shape index (κ3) is 4.79. The molecule has 0 aliphatic carbocycles. The second-order valence-corrected chi connectivity index (χ2v) is 9.33. The fourth-order valence-corrected chi connectivity index (χ4v) is 5.12. The van der Waals surface area contributed by atoms with Crippen molar-refractivity contribution in [2.24, 2.45) is 0 Å². The van der Waals surface area contributed by atoms with E-state index in [9.17, 15) is 9.18 Å². The minimum atomic E-state index is -0.223. The monoisotopic (exact) mass is 491 g/mol. The molecule has 4 aromatic rings. The van der Waals surface area contributed by atoms with E-state index in [-0.39, 0.29) is 17.8 Å². The van der Waals surface area contributed by atoms with Crippen LogP contribution in [0, 0.1) is 12.7 Å². The number of likely N-dealkylation sites (tertiary alicyclic amines) is 1. The topological polar surface area (TPSA) is 63.1 Å². The normalized spacial score (nSPS) is 15.3. The maximum Gasteiger partial charge on any atom is 0.253 e. The molecule has 1 unspecified atom stereocenters. The Morgan fingerprint density at radius 3 is 2.63 bits per heavy atom. The van der Waals surface area contributed by atoms with Gasteiger partial charge in [0, 0.05) is 30.5 Å². The molecule has 0 spiro atoms. The van der Waals surface area contributed by atoms with Crippen LogP contribution in [0.5, 0.6) is 0 Å². The maximum atomic E-state index is 14.0. The first kappa shape index (κ1) is 23.5. The van der Waals surface area contributed by atoms with Crippen molar-refractivity contribution in [3.8, 4) is 5.95 Å². The number of carbonyl (C=O) groups is 1. The molecule has 180 valence electrons. The van der Waals surface area contributed by atoms with Crippen LogP contribution in [0.15, 0.2) is 61.1 Å². The SMILES string of the molecule is Cc1cc(C(CNC(=O)c2cn(-c3ncccn3)c3cccc(Cl)c23)N2CCCCC2)ccc1F. The number of aryl methyl sites for hydroxylation is 1. The van der Waals surface area contributed by atoms with Gasteiger partial charge in [-0.2, -0.15) is 0 Å². The van der Waals surface area contributed by atoms with Crippen molar-refractivity contribution in [1.82, 2.24) is 24.8 Å². The summed E-state index contributed by atoms with van der Waals surface area (Å²) in [5.74, 6) is 0.0196. The Kier molecular flexibility index (Phi) is 6.79. The molecule has 6 nitrogen and oxygen atoms in total. The van der Waals surface area contributed by atoms with Crippen LogP contribution in [-0.2, 0) is 0 Å². The van der Waals surface area contributed by atoms with Crippen molar-refractivity contribution < 1.29 is 9.18 Å². The second kappa shape index (κ2) is 10.1. The number of carbonyl (C=O) groups excluding carboxylic acids is 1. The Labute approximate surface area is 208 Å². The summed E-state index contributed by atoms with van der Waals surface area (Å²) in [4.78, 5) is 24.5. The Hall–Kier alpha value is -3.29. The van der Waals surface area contributed by atoms with E-state index in [0.717, 1.165) is 37.0 Å². The smallest absolute Gasteiger partial charge is 0.253 e. The number of amides is 1. The molecule has 35 heavy (non-hydrogen) atoms. The summed E-state index contributed by atoms with van der Waals surface area (Å²) in [6.45, 7) is 4.08. The molecule has 1 atom stereocenters. The zero-order valence-corrected chi connectivity index (χ0v) is 20.3. The average molecular weight is 492 g/mol. The number of benzene rings is 2. The lowest BCUT2D eigenvalue weighted by Crippen LogP contribution is -2.40. The highest BCUT2D eigenvalue weighted by atomic mass is 35.5. The first-order chi connectivity index (χ1) is 17.0. The van der Waals surface area contributed by atoms with Crippen LogP contribution >= 0.6 is 11.6 Å². The Morgan fingerprint density at radius 2 is 1.89 bits per heavy atom. The number of rotatable bonds is 6. The van der Waals surface area contributed by atoms with Crippen molar-refractivity contribution in [3.63, 3.8) is 0 Å². The molecule has 5 rings (SSSR count). The van der Waals surface area contributed by atoms with Gasteiger partial charge < -0.3 is 5.32 Å². The number of nitrogens with zero attached hydrogens (tertiary/aromatic N) is 4. The predicted octanol–water partition coefficient (Wildman–Crippen LogP) is 5.48. The first-order valence-electron chi connectivity index (χ1n) is 11.9. The van der Waals surface area contributed by atoms with Gasteiger partial charge in [0.05, 0.1) is 22.1 Å². The summed E-state index contributed by atoms with van der Waals surface area (Å²) in [5, 5.41) is 4.27. The van der Waals surface area contributed by atoms with E-state index < -0.39 is 0 Å². The lowest BCUT2D eigenvalue weighted by molar-refractivity contribution is 0.0926. The largest absolute Gasteiger partial charge is 0.350 e. The van der Waals surface area contributed by atoms with Crippen LogP contribution < -0.4 is 5.32 Å². The third-order valence-electron chi connectivity index (χ3n) is 6.65. The first-order valence-corrected chi connectivity index (χ1v) is 12.3. The molecule has 2 aromatic heterocycles. The molecule has 1 amide bonds. The van der Waals surface area contributed by atoms with Crippen LogP contribution in [0.1, 0.15) is 46.8 Å². The standard InChI is InChI=1S/C27H27ClFN5O/c1-18-15-19(9-10-22(18)29)24(33-13-3-2-4-14-33)16-32-26(35)20-17-34(27-30-11-6-12-31-27)23-8-5-7-21(28)25(20)23/h5-12,15,17,24H,2-4,13-14,16H2,1H3,(H,32,35). The van der Waals surface area contributed by atoms with Gasteiger partial charge in [0.15, 0.2) is 0 Å². The van der Waals surface area contributed by atoms with Crippen LogP contribution in [-0.4, -0.2) is 45.0 Å². The van der Waals surface area contributed by atoms with Gasteiger partial charge in [-0.1, -0.05) is 36.2 Å². The molecular formula is C27H27ClFN5O. The summed E-state index contributed by atoms with van der Waals surface area (Å²) in [6, 6.07) is 12.4. The molecule has 3 heterocycles.